The molecular formula is C43H49F5N6O4. The molecule has 10 nitrogen and oxygen atoms in total. The molecule has 0 radical (unpaired) electrons. The van der Waals surface area contributed by atoms with E-state index in [4.69, 9.17) is 9.72 Å². The third-order valence-corrected chi connectivity index (χ3v) is 10.6. The maximum Gasteiger partial charge on any atom is 0.461 e. The predicted octanol–water partition coefficient (Wildman–Crippen LogP) is 10.3. The van der Waals surface area contributed by atoms with E-state index in [1.165, 1.54) is 18.2 Å². The van der Waals surface area contributed by atoms with Gasteiger partial charge in [-0.1, -0.05) is 38.1 Å². The smallest absolute Gasteiger partial charge is 0.444 e. The average molecular weight is 809 g/mol. The van der Waals surface area contributed by atoms with Crippen LogP contribution in [0.4, 0.5) is 32.4 Å². The third-order valence-electron chi connectivity index (χ3n) is 10.6. The molecule has 3 aromatic carbocycles. The molecule has 5 aromatic rings. The third kappa shape index (κ3) is 9.84. The van der Waals surface area contributed by atoms with Crippen LogP contribution in [-0.4, -0.2) is 56.0 Å². The molecule has 0 aliphatic heterocycles. The lowest BCUT2D eigenvalue weighted by Gasteiger charge is -2.29. The molecule has 0 saturated heterocycles. The van der Waals surface area contributed by atoms with Gasteiger partial charge in [-0.3, -0.25) is 9.59 Å². The minimum Gasteiger partial charge on any atom is -0.444 e. The lowest BCUT2D eigenvalue weighted by atomic mass is 9.77. The number of aryl methyl sites for hydroxylation is 1. The number of amides is 2. The van der Waals surface area contributed by atoms with Crippen molar-refractivity contribution in [2.45, 2.75) is 104 Å². The summed E-state index contributed by atoms with van der Waals surface area (Å²) in [6.07, 6.45) is -3.58. The van der Waals surface area contributed by atoms with Gasteiger partial charge in [0.25, 0.3) is 0 Å². The van der Waals surface area contributed by atoms with Gasteiger partial charge in [-0.15, -0.1) is 0 Å². The largest absolute Gasteiger partial charge is 0.461 e. The second-order valence-corrected chi connectivity index (χ2v) is 16.7. The number of carbonyl (C=O) groups is 3. The summed E-state index contributed by atoms with van der Waals surface area (Å²) >= 11 is 0. The standard InChI is InChI=1S/C43H49F5N6O4/c1-23(2)37-51-33-17-24(3)31(21-35(33)52-37)27-11-7-25(8-12-27)18-29(19-36(55)28-13-9-26(10-14-28)22-49-40(57)58-41(4,5)6)38(56)50-30-15-16-32-34(20-30)54-39(53-32)42(44,45)43(46,47)48/h7-8,11-12,15-17,20-21,23,26,28-29H,9-10,13-14,18-19,22H2,1-6H3,(H,49,57)(H,50,56)(H,51,52)(H,53,54)/t26?,28?,29-/m1/s1. The van der Waals surface area contributed by atoms with Crippen LogP contribution in [0.2, 0.25) is 0 Å². The number of aromatic amines is 2. The molecule has 2 amide bonds. The van der Waals surface area contributed by atoms with Crippen LogP contribution < -0.4 is 10.6 Å². The van der Waals surface area contributed by atoms with Crippen LogP contribution in [0, 0.1) is 24.7 Å². The number of aromatic nitrogens is 4. The van der Waals surface area contributed by atoms with Gasteiger partial charge in [-0.2, -0.15) is 22.0 Å². The van der Waals surface area contributed by atoms with Crippen molar-refractivity contribution in [2.75, 3.05) is 11.9 Å². The first-order valence-corrected chi connectivity index (χ1v) is 19.5. The summed E-state index contributed by atoms with van der Waals surface area (Å²) < 4.78 is 72.5. The number of nitrogens with one attached hydrogen (secondary N) is 4. The molecule has 1 aliphatic rings. The summed E-state index contributed by atoms with van der Waals surface area (Å²) in [6.45, 7) is 12.0. The number of anilines is 1. The number of nitrogens with zero attached hydrogens (tertiary/aromatic N) is 2. The number of alkyl halides is 5. The van der Waals surface area contributed by atoms with Crippen molar-refractivity contribution < 1.29 is 41.1 Å². The number of benzene rings is 3. The Balaban J connectivity index is 1.18. The Bertz CT molecular complexity index is 2280. The van der Waals surface area contributed by atoms with E-state index in [0.717, 1.165) is 39.1 Å². The van der Waals surface area contributed by atoms with E-state index < -0.39 is 41.4 Å². The minimum absolute atomic E-state index is 0.0675. The molecule has 0 bridgehead atoms. The first-order valence-electron chi connectivity index (χ1n) is 19.5. The van der Waals surface area contributed by atoms with Crippen molar-refractivity contribution in [3.8, 4) is 11.1 Å². The number of fused-ring (bicyclic) bond motifs is 2. The number of hydrogen-bond donors (Lipinski definition) is 4. The highest BCUT2D eigenvalue weighted by atomic mass is 19.4. The van der Waals surface area contributed by atoms with Gasteiger partial charge < -0.3 is 25.3 Å². The Hall–Kier alpha value is -5.34. The van der Waals surface area contributed by atoms with Crippen molar-refractivity contribution in [1.82, 2.24) is 25.3 Å². The molecule has 310 valence electrons. The summed E-state index contributed by atoms with van der Waals surface area (Å²) in [5.74, 6) is -7.11. The monoisotopic (exact) mass is 808 g/mol. The summed E-state index contributed by atoms with van der Waals surface area (Å²) in [4.78, 5) is 53.5. The normalized spacial score (nSPS) is 17.1. The number of imidazole rings is 2. The Morgan fingerprint density at radius 3 is 2.17 bits per heavy atom. The van der Waals surface area contributed by atoms with Gasteiger partial charge in [-0.05, 0) is 118 Å². The Morgan fingerprint density at radius 1 is 0.862 bits per heavy atom. The van der Waals surface area contributed by atoms with Gasteiger partial charge in [0.15, 0.2) is 5.82 Å². The first kappa shape index (κ1) is 42.3. The lowest BCUT2D eigenvalue weighted by Crippen LogP contribution is -2.37. The van der Waals surface area contributed by atoms with E-state index >= 15 is 0 Å². The van der Waals surface area contributed by atoms with Crippen molar-refractivity contribution in [1.29, 1.82) is 0 Å². The molecule has 1 aliphatic carbocycles. The summed E-state index contributed by atoms with van der Waals surface area (Å²) in [5.41, 5.74) is 4.90. The Kier molecular flexibility index (Phi) is 12.0. The van der Waals surface area contributed by atoms with E-state index in [9.17, 15) is 36.3 Å². The highest BCUT2D eigenvalue weighted by Gasteiger charge is 2.61. The molecule has 1 atom stereocenters. The molecule has 58 heavy (non-hydrogen) atoms. The van der Waals surface area contributed by atoms with E-state index in [2.05, 4.69) is 40.5 Å². The number of H-pyrrole nitrogens is 2. The van der Waals surface area contributed by atoms with Crippen LogP contribution in [0.15, 0.2) is 54.6 Å². The van der Waals surface area contributed by atoms with E-state index in [-0.39, 0.29) is 53.1 Å². The van der Waals surface area contributed by atoms with Crippen LogP contribution in [0.5, 0.6) is 0 Å². The van der Waals surface area contributed by atoms with Gasteiger partial charge in [-0.25, -0.2) is 14.8 Å². The zero-order valence-electron chi connectivity index (χ0n) is 33.4. The van der Waals surface area contributed by atoms with Crippen molar-refractivity contribution in [3.05, 3.63) is 77.4 Å². The topological polar surface area (TPSA) is 142 Å². The summed E-state index contributed by atoms with van der Waals surface area (Å²) in [6, 6.07) is 15.7. The number of ketones is 1. The second-order valence-electron chi connectivity index (χ2n) is 16.7. The van der Waals surface area contributed by atoms with E-state index in [1.807, 2.05) is 42.2 Å². The van der Waals surface area contributed by atoms with Crippen molar-refractivity contribution in [3.63, 3.8) is 0 Å². The van der Waals surface area contributed by atoms with Crippen molar-refractivity contribution >= 4 is 45.5 Å². The molecule has 6 rings (SSSR count). The molecule has 0 unspecified atom stereocenters. The minimum atomic E-state index is -5.85. The number of rotatable bonds is 12. The zero-order valence-corrected chi connectivity index (χ0v) is 33.4. The van der Waals surface area contributed by atoms with Gasteiger partial charge in [0, 0.05) is 36.4 Å². The van der Waals surface area contributed by atoms with Crippen LogP contribution in [0.3, 0.4) is 0 Å². The van der Waals surface area contributed by atoms with E-state index in [1.54, 1.807) is 20.8 Å². The fourth-order valence-corrected chi connectivity index (χ4v) is 7.39. The molecule has 15 heteroatoms. The van der Waals surface area contributed by atoms with Gasteiger partial charge in [0.05, 0.1) is 22.1 Å². The van der Waals surface area contributed by atoms with Crippen LogP contribution >= 0.6 is 0 Å². The van der Waals surface area contributed by atoms with Crippen LogP contribution in [0.1, 0.15) is 95.4 Å². The summed E-state index contributed by atoms with van der Waals surface area (Å²) in [7, 11) is 0. The number of halogens is 5. The number of alkyl carbamates (subject to hydrolysis) is 1. The molecule has 1 fully saturated rings. The zero-order chi connectivity index (χ0) is 42.2. The molecule has 0 spiro atoms. The average Bonchev–Trinajstić information content (AvgIpc) is 3.77. The number of Topliss-reactive ketones (excluding diaryl/α,β-unsaturated/α-hetero) is 1. The molecule has 2 aromatic heterocycles. The molecule has 2 heterocycles. The molecular weight excluding hydrogens is 760 g/mol. The molecule has 4 N–H and O–H groups in total. The molecule has 1 saturated carbocycles. The number of ether oxygens (including phenoxy) is 1. The highest BCUT2D eigenvalue weighted by Crippen LogP contribution is 2.43. The van der Waals surface area contributed by atoms with Gasteiger partial charge >= 0.3 is 18.2 Å². The maximum absolute atomic E-state index is 14.0. The number of carbonyl (C=O) groups excluding carboxylic acids is 3. The highest BCUT2D eigenvalue weighted by molar-refractivity contribution is 5.97. The van der Waals surface area contributed by atoms with Crippen molar-refractivity contribution in [2.24, 2.45) is 17.8 Å². The second kappa shape index (κ2) is 16.5. The lowest BCUT2D eigenvalue weighted by molar-refractivity contribution is -0.292. The SMILES string of the molecule is Cc1cc2[nH]c(C(C)C)nc2cc1-c1ccc(C[C@H](CC(=O)C2CCC(CNC(=O)OC(C)(C)C)CC2)C(=O)Nc2ccc3nc(C(F)(F)C(F)(F)F)[nH]c3c2)cc1. The summed E-state index contributed by atoms with van der Waals surface area (Å²) in [5, 5.41) is 5.56. The quantitative estimate of drug-likeness (QED) is 0.0925. The van der Waals surface area contributed by atoms with Gasteiger partial charge in [0.2, 0.25) is 5.91 Å². The maximum atomic E-state index is 14.0. The predicted molar refractivity (Wildman–Crippen MR) is 212 cm³/mol. The van der Waals surface area contributed by atoms with Gasteiger partial charge in [0.1, 0.15) is 17.2 Å². The van der Waals surface area contributed by atoms with Crippen LogP contribution in [-0.2, 0) is 26.7 Å². The fraction of sp³-hybridized carbons (Fsp3) is 0.465. The fourth-order valence-electron chi connectivity index (χ4n) is 7.39. The van der Waals surface area contributed by atoms with E-state index in [0.29, 0.717) is 32.2 Å². The Labute approximate surface area is 333 Å². The first-order chi connectivity index (χ1) is 27.2. The number of hydrogen-bond acceptors (Lipinski definition) is 6. The Morgan fingerprint density at radius 2 is 1.53 bits per heavy atom. The van der Waals surface area contributed by atoms with Crippen LogP contribution in [0.25, 0.3) is 33.2 Å².